The Morgan fingerprint density at radius 3 is 2.41 bits per heavy atom. The number of nitriles is 2. The number of anilines is 2. The van der Waals surface area contributed by atoms with Crippen LogP contribution in [-0.2, 0) is 7.05 Å². The maximum absolute atomic E-state index is 9.51. The average molecular weight is 425 g/mol. The van der Waals surface area contributed by atoms with Gasteiger partial charge in [-0.25, -0.2) is 9.97 Å². The fraction of sp³-hybridized carbons (Fsp3) is 0.167. The number of aromatic nitrogens is 4. The van der Waals surface area contributed by atoms with E-state index in [0.29, 0.717) is 23.0 Å². The molecule has 0 bridgehead atoms. The number of benzene rings is 1. The van der Waals surface area contributed by atoms with Gasteiger partial charge in [-0.05, 0) is 56.7 Å². The van der Waals surface area contributed by atoms with E-state index in [1.54, 1.807) is 30.5 Å². The SMILES string of the molecule is Cc1[nH]c(C#N)c(C)c1-c1ccnc(Nc2cccc(O)c2)n1.Cc1ccc(C#N)n1C. The lowest BCUT2D eigenvalue weighted by Gasteiger charge is -2.07. The Kier molecular flexibility index (Phi) is 6.57. The molecule has 0 atom stereocenters. The number of hydrogen-bond acceptors (Lipinski definition) is 6. The van der Waals surface area contributed by atoms with Crippen molar-refractivity contribution in [1.82, 2.24) is 19.5 Å². The monoisotopic (exact) mass is 425 g/mol. The van der Waals surface area contributed by atoms with Crippen molar-refractivity contribution in [3.05, 3.63) is 77.0 Å². The molecule has 0 aliphatic carbocycles. The number of rotatable bonds is 3. The first-order valence-corrected chi connectivity index (χ1v) is 9.85. The van der Waals surface area contributed by atoms with E-state index in [2.05, 4.69) is 32.4 Å². The fourth-order valence-corrected chi connectivity index (χ4v) is 3.24. The Labute approximate surface area is 186 Å². The van der Waals surface area contributed by atoms with Crippen LogP contribution in [0.1, 0.15) is 28.3 Å². The second kappa shape index (κ2) is 9.50. The zero-order valence-corrected chi connectivity index (χ0v) is 18.3. The van der Waals surface area contributed by atoms with Crippen molar-refractivity contribution in [3.63, 3.8) is 0 Å². The van der Waals surface area contributed by atoms with Gasteiger partial charge >= 0.3 is 0 Å². The summed E-state index contributed by atoms with van der Waals surface area (Å²) >= 11 is 0. The number of aromatic amines is 1. The van der Waals surface area contributed by atoms with Crippen LogP contribution >= 0.6 is 0 Å². The molecule has 3 heterocycles. The molecule has 4 rings (SSSR count). The zero-order chi connectivity index (χ0) is 23.3. The summed E-state index contributed by atoms with van der Waals surface area (Å²) in [6, 6.07) is 16.5. The molecule has 0 radical (unpaired) electrons. The summed E-state index contributed by atoms with van der Waals surface area (Å²) in [5.41, 5.74) is 6.46. The van der Waals surface area contributed by atoms with Gasteiger partial charge in [-0.15, -0.1) is 0 Å². The molecule has 0 fully saturated rings. The van der Waals surface area contributed by atoms with E-state index in [1.807, 2.05) is 50.6 Å². The van der Waals surface area contributed by atoms with Gasteiger partial charge in [0, 0.05) is 41.9 Å². The van der Waals surface area contributed by atoms with Crippen molar-refractivity contribution < 1.29 is 5.11 Å². The molecule has 8 heteroatoms. The smallest absolute Gasteiger partial charge is 0.227 e. The van der Waals surface area contributed by atoms with Gasteiger partial charge in [0.25, 0.3) is 0 Å². The summed E-state index contributed by atoms with van der Waals surface area (Å²) in [5, 5.41) is 30.2. The summed E-state index contributed by atoms with van der Waals surface area (Å²) in [5.74, 6) is 0.591. The summed E-state index contributed by atoms with van der Waals surface area (Å²) in [4.78, 5) is 11.8. The molecule has 8 nitrogen and oxygen atoms in total. The molecule has 0 saturated heterocycles. The van der Waals surface area contributed by atoms with Gasteiger partial charge in [0.05, 0.1) is 5.69 Å². The fourth-order valence-electron chi connectivity index (χ4n) is 3.24. The summed E-state index contributed by atoms with van der Waals surface area (Å²) in [7, 11) is 1.88. The van der Waals surface area contributed by atoms with Crippen molar-refractivity contribution >= 4 is 11.6 Å². The number of nitrogens with zero attached hydrogens (tertiary/aromatic N) is 5. The van der Waals surface area contributed by atoms with Crippen LogP contribution in [0.5, 0.6) is 5.75 Å². The largest absolute Gasteiger partial charge is 0.508 e. The molecule has 160 valence electrons. The lowest BCUT2D eigenvalue weighted by molar-refractivity contribution is 0.475. The molecule has 0 amide bonds. The normalized spacial score (nSPS) is 9.94. The minimum atomic E-state index is 0.169. The molecule has 32 heavy (non-hydrogen) atoms. The summed E-state index contributed by atoms with van der Waals surface area (Å²) < 4.78 is 1.86. The van der Waals surface area contributed by atoms with Crippen LogP contribution in [-0.4, -0.2) is 24.6 Å². The topological polar surface area (TPSA) is 126 Å². The number of aryl methyl sites for hydroxylation is 2. The van der Waals surface area contributed by atoms with E-state index < -0.39 is 0 Å². The molecule has 3 aromatic heterocycles. The van der Waals surface area contributed by atoms with Gasteiger partial charge in [0.2, 0.25) is 5.95 Å². The first kappa shape index (κ1) is 22.1. The molecule has 0 aliphatic heterocycles. The van der Waals surface area contributed by atoms with Crippen molar-refractivity contribution in [1.29, 1.82) is 10.5 Å². The van der Waals surface area contributed by atoms with Gasteiger partial charge in [0.15, 0.2) is 0 Å². The van der Waals surface area contributed by atoms with E-state index in [-0.39, 0.29) is 5.75 Å². The molecule has 4 aromatic rings. The van der Waals surface area contributed by atoms with Gasteiger partial charge < -0.3 is 20.0 Å². The second-order valence-electron chi connectivity index (χ2n) is 7.21. The molecule has 0 saturated carbocycles. The van der Waals surface area contributed by atoms with Crippen LogP contribution in [0.15, 0.2) is 48.7 Å². The molecule has 0 spiro atoms. The van der Waals surface area contributed by atoms with Gasteiger partial charge in [-0.2, -0.15) is 10.5 Å². The Hall–Kier alpha value is -4.56. The maximum atomic E-state index is 9.51. The van der Waals surface area contributed by atoms with Crippen LogP contribution in [0.3, 0.4) is 0 Å². The van der Waals surface area contributed by atoms with Gasteiger partial charge in [0.1, 0.15) is 29.3 Å². The van der Waals surface area contributed by atoms with Gasteiger partial charge in [-0.1, -0.05) is 6.07 Å². The van der Waals surface area contributed by atoms with E-state index in [1.165, 1.54) is 0 Å². The van der Waals surface area contributed by atoms with Crippen molar-refractivity contribution in [2.24, 2.45) is 7.05 Å². The predicted octanol–water partition coefficient (Wildman–Crippen LogP) is 4.61. The molecule has 1 aromatic carbocycles. The number of nitrogens with one attached hydrogen (secondary N) is 2. The Bertz CT molecular complexity index is 1340. The molecule has 3 N–H and O–H groups in total. The predicted molar refractivity (Wildman–Crippen MR) is 122 cm³/mol. The van der Waals surface area contributed by atoms with E-state index in [9.17, 15) is 5.11 Å². The number of phenolic OH excluding ortho intramolecular Hbond substituents is 1. The third-order valence-corrected chi connectivity index (χ3v) is 5.05. The zero-order valence-electron chi connectivity index (χ0n) is 18.3. The lowest BCUT2D eigenvalue weighted by atomic mass is 10.1. The highest BCUT2D eigenvalue weighted by atomic mass is 16.3. The maximum Gasteiger partial charge on any atom is 0.227 e. The highest BCUT2D eigenvalue weighted by molar-refractivity contribution is 5.70. The van der Waals surface area contributed by atoms with E-state index in [4.69, 9.17) is 10.5 Å². The Morgan fingerprint density at radius 2 is 1.84 bits per heavy atom. The Balaban J connectivity index is 0.000000269. The standard InChI is InChI=1S/C17H15N5O.C7H8N2/c1-10-15(9-18)20-11(2)16(10)14-6-7-19-17(22-14)21-12-4-3-5-13(23)8-12;1-6-3-4-7(5-8)9(6)2/h3-8,20,23H,1-2H3,(H,19,21,22);3-4H,1-2H3. The molecule has 0 unspecified atom stereocenters. The van der Waals surface area contributed by atoms with Crippen LogP contribution < -0.4 is 5.32 Å². The molecular formula is C24H23N7O. The average Bonchev–Trinajstić information content (AvgIpc) is 3.25. The van der Waals surface area contributed by atoms with E-state index >= 15 is 0 Å². The highest BCUT2D eigenvalue weighted by Crippen LogP contribution is 2.28. The van der Waals surface area contributed by atoms with Crippen molar-refractivity contribution in [2.75, 3.05) is 5.32 Å². The van der Waals surface area contributed by atoms with Crippen molar-refractivity contribution in [3.8, 4) is 29.1 Å². The quantitative estimate of drug-likeness (QED) is 0.440. The minimum Gasteiger partial charge on any atom is -0.508 e. The third-order valence-electron chi connectivity index (χ3n) is 5.05. The van der Waals surface area contributed by atoms with Gasteiger partial charge in [-0.3, -0.25) is 0 Å². The summed E-state index contributed by atoms with van der Waals surface area (Å²) in [6.07, 6.45) is 1.66. The van der Waals surface area contributed by atoms with Crippen molar-refractivity contribution in [2.45, 2.75) is 20.8 Å². The molecule has 0 aliphatic rings. The number of H-pyrrole nitrogens is 1. The van der Waals surface area contributed by atoms with Crippen LogP contribution in [0.25, 0.3) is 11.3 Å². The number of aromatic hydroxyl groups is 1. The first-order valence-electron chi connectivity index (χ1n) is 9.85. The molecular weight excluding hydrogens is 402 g/mol. The van der Waals surface area contributed by atoms with Crippen LogP contribution in [0.2, 0.25) is 0 Å². The number of hydrogen-bond donors (Lipinski definition) is 3. The van der Waals surface area contributed by atoms with Crippen LogP contribution in [0.4, 0.5) is 11.6 Å². The second-order valence-corrected chi connectivity index (χ2v) is 7.21. The van der Waals surface area contributed by atoms with Crippen LogP contribution in [0, 0.1) is 43.4 Å². The third kappa shape index (κ3) is 4.77. The Morgan fingerprint density at radius 1 is 1.06 bits per heavy atom. The highest BCUT2D eigenvalue weighted by Gasteiger charge is 2.14. The summed E-state index contributed by atoms with van der Waals surface area (Å²) in [6.45, 7) is 5.77. The lowest BCUT2D eigenvalue weighted by Crippen LogP contribution is -1.98. The van der Waals surface area contributed by atoms with E-state index in [0.717, 1.165) is 28.2 Å². The minimum absolute atomic E-state index is 0.169. The number of phenols is 1. The first-order chi connectivity index (χ1) is 15.3.